The number of nitrogens with zero attached hydrogens (tertiary/aromatic N) is 5. The minimum Gasteiger partial charge on any atom is -0.354 e. The van der Waals surface area contributed by atoms with Gasteiger partial charge in [-0.1, -0.05) is 23.7 Å². The van der Waals surface area contributed by atoms with Crippen LogP contribution in [-0.2, 0) is 4.79 Å². The molecule has 2 fully saturated rings. The zero-order valence-electron chi connectivity index (χ0n) is 13.7. The highest BCUT2D eigenvalue weighted by molar-refractivity contribution is 5.87. The maximum Gasteiger partial charge on any atom is 0.292 e. The van der Waals surface area contributed by atoms with Crippen LogP contribution in [0.1, 0.15) is 19.3 Å². The maximum absolute atomic E-state index is 12.8. The normalized spacial score (nSPS) is 24.5. The minimum atomic E-state index is -0.417. The second-order valence-electron chi connectivity index (χ2n) is 6.44. The number of para-hydroxylation sites is 2. The van der Waals surface area contributed by atoms with Crippen molar-refractivity contribution in [3.05, 3.63) is 44.8 Å². The molecule has 3 atom stereocenters. The summed E-state index contributed by atoms with van der Waals surface area (Å²) in [6.07, 6.45) is 3.09. The van der Waals surface area contributed by atoms with E-state index in [2.05, 4.69) is 15.3 Å². The van der Waals surface area contributed by atoms with E-state index in [0.29, 0.717) is 18.2 Å². The zero-order valence-corrected chi connectivity index (χ0v) is 13.7. The van der Waals surface area contributed by atoms with Crippen LogP contribution >= 0.6 is 0 Å². The molecule has 1 aromatic rings. The number of hydrogen-bond acceptors (Lipinski definition) is 5. The molecule has 1 aliphatic heterocycles. The number of hydrogen-bond donors (Lipinski definition) is 1. The molecule has 9 heteroatoms. The van der Waals surface area contributed by atoms with Crippen molar-refractivity contribution in [2.45, 2.75) is 25.3 Å². The smallest absolute Gasteiger partial charge is 0.292 e. The van der Waals surface area contributed by atoms with Crippen molar-refractivity contribution in [3.63, 3.8) is 0 Å². The van der Waals surface area contributed by atoms with E-state index in [9.17, 15) is 14.9 Å². The Balaban J connectivity index is 1.85. The molecule has 3 rings (SSSR count). The molecular formula is C16H20N6O3. The van der Waals surface area contributed by atoms with Crippen molar-refractivity contribution < 1.29 is 9.72 Å². The molecule has 1 saturated heterocycles. The van der Waals surface area contributed by atoms with E-state index in [-0.39, 0.29) is 30.6 Å². The standard InChI is InChI=1S/C16H20N6O3/c17-20-19-9-8-18-16(23)15-12-5-3-4-11(12)10-21(15)13-6-1-2-7-14(13)22(24)25/h1-2,6-7,11-12,15H,3-5,8-10H2,(H,18,23)/t11-,12-,15-/m0/s1. The fourth-order valence-corrected chi connectivity index (χ4v) is 4.13. The summed E-state index contributed by atoms with van der Waals surface area (Å²) in [5.41, 5.74) is 8.83. The molecule has 1 heterocycles. The molecule has 1 amide bonds. The molecule has 0 spiro atoms. The number of anilines is 1. The van der Waals surface area contributed by atoms with Crippen LogP contribution in [0.5, 0.6) is 0 Å². The number of carbonyl (C=O) groups is 1. The summed E-state index contributed by atoms with van der Waals surface area (Å²) in [5.74, 6) is 0.438. The number of azide groups is 1. The Morgan fingerprint density at radius 3 is 3.00 bits per heavy atom. The van der Waals surface area contributed by atoms with E-state index in [1.54, 1.807) is 18.2 Å². The first kappa shape index (κ1) is 17.0. The molecule has 1 aromatic carbocycles. The predicted molar refractivity (Wildman–Crippen MR) is 92.1 cm³/mol. The van der Waals surface area contributed by atoms with Crippen LogP contribution in [0.25, 0.3) is 10.4 Å². The molecule has 0 radical (unpaired) electrons. The van der Waals surface area contributed by atoms with Crippen molar-refractivity contribution in [2.75, 3.05) is 24.5 Å². The number of rotatable bonds is 6. The average molecular weight is 344 g/mol. The first-order chi connectivity index (χ1) is 12.1. The highest BCUT2D eigenvalue weighted by Gasteiger charge is 2.48. The Hall–Kier alpha value is -2.80. The monoisotopic (exact) mass is 344 g/mol. The summed E-state index contributed by atoms with van der Waals surface area (Å²) in [7, 11) is 0. The van der Waals surface area contributed by atoms with Gasteiger partial charge in [-0.25, -0.2) is 0 Å². The Kier molecular flexibility index (Phi) is 5.04. The summed E-state index contributed by atoms with van der Waals surface area (Å²) in [5, 5.41) is 17.6. The van der Waals surface area contributed by atoms with Gasteiger partial charge in [0, 0.05) is 30.6 Å². The number of benzene rings is 1. The Bertz CT molecular complexity index is 718. The van der Waals surface area contributed by atoms with E-state index in [0.717, 1.165) is 19.3 Å². The van der Waals surface area contributed by atoms with Crippen LogP contribution in [0.3, 0.4) is 0 Å². The molecule has 132 valence electrons. The van der Waals surface area contributed by atoms with Crippen molar-refractivity contribution in [1.82, 2.24) is 5.32 Å². The van der Waals surface area contributed by atoms with Gasteiger partial charge < -0.3 is 10.2 Å². The maximum atomic E-state index is 12.8. The molecule has 2 aliphatic rings. The van der Waals surface area contributed by atoms with Crippen LogP contribution in [0, 0.1) is 22.0 Å². The lowest BCUT2D eigenvalue weighted by atomic mass is 9.93. The first-order valence-electron chi connectivity index (χ1n) is 8.42. The van der Waals surface area contributed by atoms with Crippen molar-refractivity contribution in [1.29, 1.82) is 0 Å². The lowest BCUT2D eigenvalue weighted by Crippen LogP contribution is -2.47. The summed E-state index contributed by atoms with van der Waals surface area (Å²) in [6.45, 7) is 1.11. The lowest BCUT2D eigenvalue weighted by molar-refractivity contribution is -0.384. The van der Waals surface area contributed by atoms with Crippen molar-refractivity contribution >= 4 is 17.3 Å². The Labute approximate surface area is 144 Å². The number of nitro benzene ring substituents is 1. The predicted octanol–water partition coefficient (Wildman–Crippen LogP) is 2.63. The second kappa shape index (κ2) is 7.40. The topological polar surface area (TPSA) is 124 Å². The van der Waals surface area contributed by atoms with Crippen LogP contribution in [0.15, 0.2) is 29.4 Å². The van der Waals surface area contributed by atoms with Crippen LogP contribution in [0.4, 0.5) is 11.4 Å². The van der Waals surface area contributed by atoms with Gasteiger partial charge in [0.05, 0.1) is 4.92 Å². The highest BCUT2D eigenvalue weighted by Crippen LogP contribution is 2.45. The van der Waals surface area contributed by atoms with Gasteiger partial charge in [-0.15, -0.1) is 0 Å². The molecule has 9 nitrogen and oxygen atoms in total. The number of fused-ring (bicyclic) bond motifs is 1. The summed E-state index contributed by atoms with van der Waals surface area (Å²) in [6, 6.07) is 6.15. The first-order valence-corrected chi connectivity index (χ1v) is 8.42. The SMILES string of the molecule is [N-]=[N+]=NCCNC(=O)[C@@H]1[C@H]2CCC[C@H]2CN1c1ccccc1[N+](=O)[O-]. The fourth-order valence-electron chi connectivity index (χ4n) is 4.13. The van der Waals surface area contributed by atoms with Crippen molar-refractivity contribution in [2.24, 2.45) is 17.0 Å². The molecule has 1 aliphatic carbocycles. The minimum absolute atomic E-state index is 0.0225. The molecule has 1 N–H and O–H groups in total. The zero-order chi connectivity index (χ0) is 17.8. The van der Waals surface area contributed by atoms with Gasteiger partial charge in [0.25, 0.3) is 5.69 Å². The molecule has 25 heavy (non-hydrogen) atoms. The fraction of sp³-hybridized carbons (Fsp3) is 0.562. The summed E-state index contributed by atoms with van der Waals surface area (Å²) in [4.78, 5) is 28.3. The Morgan fingerprint density at radius 2 is 2.24 bits per heavy atom. The average Bonchev–Trinajstić information content (AvgIpc) is 3.19. The molecule has 0 unspecified atom stereocenters. The molecular weight excluding hydrogens is 324 g/mol. The molecule has 1 saturated carbocycles. The molecule has 0 aromatic heterocycles. The van der Waals surface area contributed by atoms with E-state index < -0.39 is 11.0 Å². The second-order valence-corrected chi connectivity index (χ2v) is 6.44. The van der Waals surface area contributed by atoms with Crippen LogP contribution in [0.2, 0.25) is 0 Å². The summed E-state index contributed by atoms with van der Waals surface area (Å²) < 4.78 is 0. The quantitative estimate of drug-likeness (QED) is 0.213. The lowest BCUT2D eigenvalue weighted by Gasteiger charge is -2.28. The van der Waals surface area contributed by atoms with Gasteiger partial charge in [0.1, 0.15) is 11.7 Å². The van der Waals surface area contributed by atoms with Crippen LogP contribution in [-0.4, -0.2) is 36.5 Å². The van der Waals surface area contributed by atoms with E-state index in [1.165, 1.54) is 6.07 Å². The third-order valence-corrected chi connectivity index (χ3v) is 5.12. The van der Waals surface area contributed by atoms with E-state index in [1.807, 2.05) is 4.90 Å². The van der Waals surface area contributed by atoms with E-state index >= 15 is 0 Å². The third kappa shape index (κ3) is 3.36. The van der Waals surface area contributed by atoms with Gasteiger partial charge in [0.2, 0.25) is 5.91 Å². The van der Waals surface area contributed by atoms with E-state index in [4.69, 9.17) is 5.53 Å². The van der Waals surface area contributed by atoms with Crippen molar-refractivity contribution in [3.8, 4) is 0 Å². The van der Waals surface area contributed by atoms with Gasteiger partial charge in [0.15, 0.2) is 0 Å². The highest BCUT2D eigenvalue weighted by atomic mass is 16.6. The van der Waals surface area contributed by atoms with Gasteiger partial charge in [-0.05, 0) is 36.3 Å². The third-order valence-electron chi connectivity index (χ3n) is 5.12. The van der Waals surface area contributed by atoms with Crippen LogP contribution < -0.4 is 10.2 Å². The Morgan fingerprint density at radius 1 is 1.44 bits per heavy atom. The summed E-state index contributed by atoms with van der Waals surface area (Å²) >= 11 is 0. The largest absolute Gasteiger partial charge is 0.354 e. The van der Waals surface area contributed by atoms with Gasteiger partial charge >= 0.3 is 0 Å². The number of nitrogens with one attached hydrogen (secondary N) is 1. The number of carbonyl (C=O) groups excluding carboxylic acids is 1. The number of amides is 1. The van der Waals surface area contributed by atoms with Gasteiger partial charge in [-0.2, -0.15) is 0 Å². The van der Waals surface area contributed by atoms with Gasteiger partial charge in [-0.3, -0.25) is 14.9 Å². The number of nitro groups is 1. The molecule has 0 bridgehead atoms.